The van der Waals surface area contributed by atoms with E-state index in [1.807, 2.05) is 0 Å². The van der Waals surface area contributed by atoms with Crippen molar-refractivity contribution in [2.75, 3.05) is 0 Å². The fourth-order valence-electron chi connectivity index (χ4n) is 11.8. The fourth-order valence-corrected chi connectivity index (χ4v) is 50.7. The fraction of sp³-hybridized carbons (Fsp3) is 0.310. The molecule has 0 bridgehead atoms. The third kappa shape index (κ3) is 7.57. The topological polar surface area (TPSA) is 0 Å². The number of hydrogen-bond acceptors (Lipinski definition) is 0. The van der Waals surface area contributed by atoms with Gasteiger partial charge in [-0.3, -0.25) is 0 Å². The van der Waals surface area contributed by atoms with Gasteiger partial charge in [0.25, 0.3) is 0 Å². The Balaban J connectivity index is 1.35. The van der Waals surface area contributed by atoms with Crippen LogP contribution in [0.4, 0.5) is 0 Å². The molecule has 0 nitrogen and oxygen atoms in total. The van der Waals surface area contributed by atoms with Gasteiger partial charge in [-0.1, -0.05) is 0 Å². The number of benzene rings is 6. The number of hydrogen-bond donors (Lipinski definition) is 0. The second-order valence-electron chi connectivity index (χ2n) is 19.5. The molecule has 0 aromatic heterocycles. The molecule has 6 aromatic carbocycles. The molecule has 317 valence electrons. The van der Waals surface area contributed by atoms with Gasteiger partial charge in [-0.25, -0.2) is 0 Å². The van der Waals surface area contributed by atoms with Crippen molar-refractivity contribution in [2.45, 2.75) is 100 Å². The number of fused-ring (bicyclic) bond motifs is 5. The van der Waals surface area contributed by atoms with Crippen molar-refractivity contribution >= 4 is 52.5 Å². The first-order valence-corrected chi connectivity index (χ1v) is 39.9. The van der Waals surface area contributed by atoms with Crippen molar-refractivity contribution < 1.29 is 16.1 Å². The molecule has 6 aromatic rings. The minimum atomic E-state index is -5.86. The molecule has 9 rings (SSSR count). The Bertz CT molecular complexity index is 2580. The van der Waals surface area contributed by atoms with Crippen LogP contribution >= 0.6 is 17.2 Å². The molecule has 1 aliphatic heterocycles. The normalized spacial score (nSPS) is 17.4. The summed E-state index contributed by atoms with van der Waals surface area (Å²) in [6.45, 7) is 14.1. The SMILES string of the molecule is CCCCc1ccccc1-c1cccc2c1C=C(CC(C)C)[CH]2[Hf]([Cl])([Cl])([c]1cccc2c1[SiH2]c1ccccc1-2)[CH]1C(CC(C)C)=Cc2c(-c3ccccc3CCCC)cccc21. The molecule has 4 heteroatoms. The molecular weight excluding hydrogens is 974 g/mol. The Morgan fingerprint density at radius 1 is 0.500 bits per heavy atom. The van der Waals surface area contributed by atoms with Gasteiger partial charge in [0.2, 0.25) is 0 Å². The predicted molar refractivity (Wildman–Crippen MR) is 272 cm³/mol. The van der Waals surface area contributed by atoms with Crippen LogP contribution in [0, 0.1) is 11.8 Å². The molecule has 2 atom stereocenters. The van der Waals surface area contributed by atoms with E-state index < -0.39 is 25.7 Å². The summed E-state index contributed by atoms with van der Waals surface area (Å²) >= 11 is -5.86. The van der Waals surface area contributed by atoms with Crippen LogP contribution in [0.3, 0.4) is 0 Å². The van der Waals surface area contributed by atoms with E-state index in [1.165, 1.54) is 117 Å². The van der Waals surface area contributed by atoms with Gasteiger partial charge in [0.15, 0.2) is 0 Å². The van der Waals surface area contributed by atoms with Crippen LogP contribution in [0.2, 0.25) is 0 Å². The van der Waals surface area contributed by atoms with E-state index in [9.17, 15) is 17.2 Å². The van der Waals surface area contributed by atoms with E-state index in [2.05, 4.69) is 181 Å². The van der Waals surface area contributed by atoms with Crippen LogP contribution in [0.15, 0.2) is 139 Å². The molecule has 62 heavy (non-hydrogen) atoms. The predicted octanol–water partition coefficient (Wildman–Crippen LogP) is 14.8. The first kappa shape index (κ1) is 43.7. The van der Waals surface area contributed by atoms with Crippen molar-refractivity contribution in [1.29, 1.82) is 0 Å². The van der Waals surface area contributed by atoms with Crippen molar-refractivity contribution in [3.05, 3.63) is 172 Å². The van der Waals surface area contributed by atoms with E-state index in [0.29, 0.717) is 11.8 Å². The molecule has 0 radical (unpaired) electrons. The van der Waals surface area contributed by atoms with Gasteiger partial charge in [-0.2, -0.15) is 0 Å². The summed E-state index contributed by atoms with van der Waals surface area (Å²) in [6.07, 6.45) is 13.9. The van der Waals surface area contributed by atoms with Gasteiger partial charge < -0.3 is 0 Å². The number of aryl methyl sites for hydroxylation is 2. The van der Waals surface area contributed by atoms with Crippen molar-refractivity contribution in [3.8, 4) is 33.4 Å². The molecule has 3 aliphatic rings. The van der Waals surface area contributed by atoms with E-state index in [4.69, 9.17) is 0 Å². The second kappa shape index (κ2) is 17.8. The Labute approximate surface area is 383 Å². The van der Waals surface area contributed by atoms with Gasteiger partial charge in [-0.15, -0.1) is 0 Å². The third-order valence-electron chi connectivity index (χ3n) is 14.2. The molecule has 0 spiro atoms. The van der Waals surface area contributed by atoms with Gasteiger partial charge >= 0.3 is 386 Å². The van der Waals surface area contributed by atoms with Gasteiger partial charge in [0.1, 0.15) is 0 Å². The number of allylic oxidation sites excluding steroid dienone is 2. The number of unbranched alkanes of at least 4 members (excludes halogenated alkanes) is 2. The van der Waals surface area contributed by atoms with Gasteiger partial charge in [0, 0.05) is 0 Å². The molecule has 0 saturated heterocycles. The van der Waals surface area contributed by atoms with Crippen molar-refractivity contribution in [1.82, 2.24) is 0 Å². The first-order valence-electron chi connectivity index (χ1n) is 23.6. The minimum absolute atomic E-state index is 0.0771. The van der Waals surface area contributed by atoms with E-state index in [1.54, 1.807) is 0 Å². The Kier molecular flexibility index (Phi) is 12.5. The Morgan fingerprint density at radius 3 is 1.44 bits per heavy atom. The summed E-state index contributed by atoms with van der Waals surface area (Å²) in [5.74, 6) is 0.890. The number of halogens is 2. The summed E-state index contributed by atoms with van der Waals surface area (Å²) in [7, 11) is 18.1. The summed E-state index contributed by atoms with van der Waals surface area (Å²) in [4.78, 5) is 0. The molecule has 0 amide bonds. The van der Waals surface area contributed by atoms with Gasteiger partial charge in [-0.05, 0) is 0 Å². The second-order valence-corrected chi connectivity index (χ2v) is 50.6. The van der Waals surface area contributed by atoms with Crippen LogP contribution in [-0.2, 0) is 29.0 Å². The average molecular weight is 1040 g/mol. The maximum absolute atomic E-state index is 9.49. The van der Waals surface area contributed by atoms with E-state index in [-0.39, 0.29) is 7.35 Å². The zero-order chi connectivity index (χ0) is 43.2. The quantitative estimate of drug-likeness (QED) is 0.0898. The summed E-state index contributed by atoms with van der Waals surface area (Å²) in [6, 6.07) is 48.7. The molecule has 0 saturated carbocycles. The third-order valence-corrected chi connectivity index (χ3v) is 46.0. The van der Waals surface area contributed by atoms with E-state index >= 15 is 0 Å². The summed E-state index contributed by atoms with van der Waals surface area (Å²) in [5, 5.41) is 3.00. The van der Waals surface area contributed by atoms with Crippen molar-refractivity contribution in [2.24, 2.45) is 11.8 Å². The summed E-state index contributed by atoms with van der Waals surface area (Å²) < 4.78 is 1.17. The van der Waals surface area contributed by atoms with Crippen molar-refractivity contribution in [3.63, 3.8) is 0 Å². The average Bonchev–Trinajstić information content (AvgIpc) is 3.96. The molecule has 2 aliphatic carbocycles. The Morgan fingerprint density at radius 2 is 0.935 bits per heavy atom. The van der Waals surface area contributed by atoms with Crippen LogP contribution < -0.4 is 13.7 Å². The zero-order valence-corrected chi connectivity index (χ0v) is 44.2. The van der Waals surface area contributed by atoms with E-state index in [0.717, 1.165) is 25.7 Å². The molecule has 0 fully saturated rings. The first-order chi connectivity index (χ1) is 30.0. The zero-order valence-electron chi connectivity index (χ0n) is 37.7. The standard InChI is InChI=1S/2C23H27.C12H9Si.2ClH.Hf/c2*1-4-5-9-19-10-6-7-12-21(19)22-13-8-11-20-15-18(14-17(2)3)16-23(20)22;1-3-7-11-9(5-1)10-6-2-4-8-12(10)13-11;;;/h2*6-8,10-13,15-17H,4-5,9,14H2,1-3H3;1-7H,13H2;2*1H;/q;;;;;+2/p-2. The molecular formula is C58H63Cl2HfSi. The monoisotopic (exact) mass is 1040 g/mol. The molecule has 2 unspecified atom stereocenters. The number of rotatable bonds is 15. The molecule has 0 N–H and O–H groups in total. The van der Waals surface area contributed by atoms with Crippen LogP contribution in [-0.4, -0.2) is 9.52 Å². The summed E-state index contributed by atoms with van der Waals surface area (Å²) in [5.41, 5.74) is 19.2. The van der Waals surface area contributed by atoms with Crippen LogP contribution in [0.25, 0.3) is 45.5 Å². The van der Waals surface area contributed by atoms with Crippen LogP contribution in [0.5, 0.6) is 0 Å². The Hall–Kier alpha value is -3.53. The van der Waals surface area contributed by atoms with Crippen LogP contribution in [0.1, 0.15) is 121 Å². The maximum atomic E-state index is 9.49. The van der Waals surface area contributed by atoms with Gasteiger partial charge in [0.05, 0.1) is 0 Å². The molecule has 1 heterocycles.